The Labute approximate surface area is 95.3 Å². The number of carbonyl (C=O) groups is 1. The van der Waals surface area contributed by atoms with Gasteiger partial charge in [0.1, 0.15) is 6.04 Å². The highest BCUT2D eigenvalue weighted by molar-refractivity contribution is 5.76. The summed E-state index contributed by atoms with van der Waals surface area (Å²) in [4.78, 5) is 15.4. The molecule has 0 spiro atoms. The number of nitrogens with zero attached hydrogens (tertiary/aromatic N) is 2. The van der Waals surface area contributed by atoms with Gasteiger partial charge in [-0.05, 0) is 12.5 Å². The van der Waals surface area contributed by atoms with Gasteiger partial charge in [-0.25, -0.2) is 0 Å². The molecule has 0 aliphatic rings. The monoisotopic (exact) mass is 217 g/mol. The van der Waals surface area contributed by atoms with E-state index in [1.165, 1.54) is 0 Å². The molecule has 0 aromatic carbocycles. The Kier molecular flexibility index (Phi) is 5.00. The Morgan fingerprint density at radius 3 is 3.06 bits per heavy atom. The molecule has 0 saturated carbocycles. The van der Waals surface area contributed by atoms with Gasteiger partial charge in [-0.2, -0.15) is 5.26 Å². The Morgan fingerprint density at radius 1 is 1.69 bits per heavy atom. The maximum Gasteiger partial charge on any atom is 0.221 e. The van der Waals surface area contributed by atoms with E-state index in [9.17, 15) is 4.79 Å². The Bertz CT molecular complexity index is 370. The van der Waals surface area contributed by atoms with Gasteiger partial charge in [-0.15, -0.1) is 0 Å². The van der Waals surface area contributed by atoms with Crippen molar-refractivity contribution in [2.45, 2.75) is 32.2 Å². The number of aromatic nitrogens is 1. The van der Waals surface area contributed by atoms with E-state index in [1.807, 2.05) is 6.92 Å². The van der Waals surface area contributed by atoms with Gasteiger partial charge < -0.3 is 5.32 Å². The lowest BCUT2D eigenvalue weighted by atomic mass is 10.1. The van der Waals surface area contributed by atoms with E-state index in [4.69, 9.17) is 5.26 Å². The summed E-state index contributed by atoms with van der Waals surface area (Å²) in [5.41, 5.74) is 0.717. The lowest BCUT2D eigenvalue weighted by molar-refractivity contribution is -0.121. The van der Waals surface area contributed by atoms with Crippen LogP contribution in [0.5, 0.6) is 0 Å². The second-order valence-corrected chi connectivity index (χ2v) is 3.52. The van der Waals surface area contributed by atoms with Crippen LogP contribution in [0.4, 0.5) is 0 Å². The topological polar surface area (TPSA) is 65.8 Å². The first kappa shape index (κ1) is 12.2. The molecule has 1 rings (SSSR count). The predicted octanol–water partition coefficient (Wildman–Crippen LogP) is 1.95. The van der Waals surface area contributed by atoms with Crippen LogP contribution >= 0.6 is 0 Å². The molecule has 4 heteroatoms. The molecule has 1 amide bonds. The fourth-order valence-corrected chi connectivity index (χ4v) is 1.31. The molecule has 1 aromatic rings. The van der Waals surface area contributed by atoms with Gasteiger partial charge in [0.15, 0.2) is 0 Å². The highest BCUT2D eigenvalue weighted by Crippen LogP contribution is 2.10. The van der Waals surface area contributed by atoms with Gasteiger partial charge in [0.25, 0.3) is 0 Å². The first-order valence-electron chi connectivity index (χ1n) is 5.36. The molecule has 0 saturated heterocycles. The van der Waals surface area contributed by atoms with Crippen LogP contribution in [0, 0.1) is 11.3 Å². The number of carbonyl (C=O) groups excluding carboxylic acids is 1. The van der Waals surface area contributed by atoms with Crippen molar-refractivity contribution in [2.75, 3.05) is 0 Å². The predicted molar refractivity (Wildman–Crippen MR) is 60.3 cm³/mol. The van der Waals surface area contributed by atoms with Crippen molar-refractivity contribution >= 4 is 5.91 Å². The minimum atomic E-state index is -0.599. The lowest BCUT2D eigenvalue weighted by Crippen LogP contribution is -2.27. The van der Waals surface area contributed by atoms with E-state index in [2.05, 4.69) is 16.4 Å². The molecule has 1 aromatic heterocycles. The summed E-state index contributed by atoms with van der Waals surface area (Å²) in [7, 11) is 0. The van der Waals surface area contributed by atoms with Crippen LogP contribution in [0.25, 0.3) is 0 Å². The summed E-state index contributed by atoms with van der Waals surface area (Å²) in [6.45, 7) is 2.02. The zero-order valence-corrected chi connectivity index (χ0v) is 9.31. The lowest BCUT2D eigenvalue weighted by Gasteiger charge is -2.10. The second kappa shape index (κ2) is 6.57. The number of rotatable bonds is 5. The number of pyridine rings is 1. The number of nitriles is 1. The van der Waals surface area contributed by atoms with Crippen LogP contribution in [-0.4, -0.2) is 10.9 Å². The van der Waals surface area contributed by atoms with Crippen molar-refractivity contribution in [3.8, 4) is 6.07 Å². The summed E-state index contributed by atoms with van der Waals surface area (Å²) in [6, 6.07) is 4.98. The molecule has 0 bridgehead atoms. The molecule has 0 radical (unpaired) electrons. The SMILES string of the molecule is CCCCC(=O)NC(C#N)c1cccnc1. The maximum absolute atomic E-state index is 11.5. The van der Waals surface area contributed by atoms with E-state index < -0.39 is 6.04 Å². The third-order valence-electron chi connectivity index (χ3n) is 2.21. The van der Waals surface area contributed by atoms with Gasteiger partial charge in [-0.1, -0.05) is 19.4 Å². The molecule has 0 fully saturated rings. The highest BCUT2D eigenvalue weighted by Gasteiger charge is 2.12. The van der Waals surface area contributed by atoms with Crippen molar-refractivity contribution < 1.29 is 4.79 Å². The molecule has 84 valence electrons. The van der Waals surface area contributed by atoms with E-state index >= 15 is 0 Å². The quantitative estimate of drug-likeness (QED) is 0.819. The zero-order chi connectivity index (χ0) is 11.8. The molecule has 1 heterocycles. The fraction of sp³-hybridized carbons (Fsp3) is 0.417. The van der Waals surface area contributed by atoms with Gasteiger partial charge in [0, 0.05) is 24.4 Å². The molecular formula is C12H15N3O. The van der Waals surface area contributed by atoms with E-state index in [0.29, 0.717) is 6.42 Å². The average molecular weight is 217 g/mol. The summed E-state index contributed by atoms with van der Waals surface area (Å²) in [5, 5.41) is 11.6. The van der Waals surface area contributed by atoms with Gasteiger partial charge in [-0.3, -0.25) is 9.78 Å². The van der Waals surface area contributed by atoms with E-state index in [0.717, 1.165) is 18.4 Å². The number of hydrogen-bond acceptors (Lipinski definition) is 3. The average Bonchev–Trinajstić information content (AvgIpc) is 2.34. The summed E-state index contributed by atoms with van der Waals surface area (Å²) in [6.07, 6.45) is 5.51. The maximum atomic E-state index is 11.5. The first-order chi connectivity index (χ1) is 7.77. The van der Waals surface area contributed by atoms with Crippen LogP contribution in [0.15, 0.2) is 24.5 Å². The first-order valence-corrected chi connectivity index (χ1v) is 5.36. The van der Waals surface area contributed by atoms with Crippen LogP contribution < -0.4 is 5.32 Å². The molecule has 1 N–H and O–H groups in total. The van der Waals surface area contributed by atoms with E-state index in [-0.39, 0.29) is 5.91 Å². The number of unbranched alkanes of at least 4 members (excludes halogenated alkanes) is 1. The normalized spacial score (nSPS) is 11.5. The molecular weight excluding hydrogens is 202 g/mol. The third-order valence-corrected chi connectivity index (χ3v) is 2.21. The van der Waals surface area contributed by atoms with Crippen LogP contribution in [-0.2, 0) is 4.79 Å². The Balaban J connectivity index is 2.57. The van der Waals surface area contributed by atoms with Crippen molar-refractivity contribution in [3.05, 3.63) is 30.1 Å². The number of nitrogens with one attached hydrogen (secondary N) is 1. The molecule has 0 aliphatic carbocycles. The molecule has 4 nitrogen and oxygen atoms in total. The third kappa shape index (κ3) is 3.70. The summed E-state index contributed by atoms with van der Waals surface area (Å²) >= 11 is 0. The van der Waals surface area contributed by atoms with Crippen LogP contribution in [0.3, 0.4) is 0 Å². The summed E-state index contributed by atoms with van der Waals surface area (Å²) in [5.74, 6) is -0.0859. The van der Waals surface area contributed by atoms with Crippen molar-refractivity contribution in [1.82, 2.24) is 10.3 Å². The Morgan fingerprint density at radius 2 is 2.50 bits per heavy atom. The van der Waals surface area contributed by atoms with Crippen molar-refractivity contribution in [3.63, 3.8) is 0 Å². The minimum absolute atomic E-state index is 0.0859. The van der Waals surface area contributed by atoms with Gasteiger partial charge in [0.2, 0.25) is 5.91 Å². The smallest absolute Gasteiger partial charge is 0.221 e. The van der Waals surface area contributed by atoms with Crippen molar-refractivity contribution in [2.24, 2.45) is 0 Å². The number of hydrogen-bond donors (Lipinski definition) is 1. The minimum Gasteiger partial charge on any atom is -0.337 e. The summed E-state index contributed by atoms with van der Waals surface area (Å²) < 4.78 is 0. The molecule has 16 heavy (non-hydrogen) atoms. The van der Waals surface area contributed by atoms with Crippen LogP contribution in [0.1, 0.15) is 37.8 Å². The molecule has 1 unspecified atom stereocenters. The van der Waals surface area contributed by atoms with Crippen LogP contribution in [0.2, 0.25) is 0 Å². The Hall–Kier alpha value is -1.89. The fourth-order valence-electron chi connectivity index (χ4n) is 1.31. The van der Waals surface area contributed by atoms with Crippen molar-refractivity contribution in [1.29, 1.82) is 5.26 Å². The zero-order valence-electron chi connectivity index (χ0n) is 9.31. The number of amides is 1. The highest BCUT2D eigenvalue weighted by atomic mass is 16.1. The second-order valence-electron chi connectivity index (χ2n) is 3.52. The molecule has 0 aliphatic heterocycles. The largest absolute Gasteiger partial charge is 0.337 e. The van der Waals surface area contributed by atoms with E-state index in [1.54, 1.807) is 24.5 Å². The standard InChI is InChI=1S/C12H15N3O/c1-2-3-6-12(16)15-11(8-13)10-5-4-7-14-9-10/h4-5,7,9,11H,2-3,6H2,1H3,(H,15,16). The molecule has 1 atom stereocenters. The van der Waals surface area contributed by atoms with Gasteiger partial charge >= 0.3 is 0 Å². The van der Waals surface area contributed by atoms with Gasteiger partial charge in [0.05, 0.1) is 6.07 Å².